The summed E-state index contributed by atoms with van der Waals surface area (Å²) in [5.41, 5.74) is 6.93. The van der Waals surface area contributed by atoms with Gasteiger partial charge < -0.3 is 10.6 Å². The van der Waals surface area contributed by atoms with Gasteiger partial charge in [0.05, 0.1) is 6.04 Å². The summed E-state index contributed by atoms with van der Waals surface area (Å²) in [6, 6.07) is 28.6. The highest BCUT2D eigenvalue weighted by molar-refractivity contribution is 5.85. The standard InChI is InChI=1S/C22H21N.C2H7N.ClH/c1-2-8-17(9-3-1)16-19-11-5-7-13-21(19)23-22-15-14-18-10-4-6-12-20(18)22;1-3-2;/h1-13,22-23H,14-16H2;3H,1-2H3;1H. The van der Waals surface area contributed by atoms with Crippen LogP contribution in [0.2, 0.25) is 0 Å². The van der Waals surface area contributed by atoms with E-state index in [-0.39, 0.29) is 12.4 Å². The molecule has 2 nitrogen and oxygen atoms in total. The molecule has 0 saturated heterocycles. The lowest BCUT2D eigenvalue weighted by atomic mass is 10.0. The predicted octanol–water partition coefficient (Wildman–Crippen LogP) is 5.63. The molecule has 0 spiro atoms. The fourth-order valence-corrected chi connectivity index (χ4v) is 3.53. The van der Waals surface area contributed by atoms with Crippen molar-refractivity contribution in [3.8, 4) is 0 Å². The number of benzene rings is 3. The Hall–Kier alpha value is -2.29. The second kappa shape index (κ2) is 10.8. The topological polar surface area (TPSA) is 24.1 Å². The zero-order valence-corrected chi connectivity index (χ0v) is 16.9. The number of hydrogen-bond donors (Lipinski definition) is 2. The molecule has 0 saturated carbocycles. The van der Waals surface area contributed by atoms with E-state index < -0.39 is 0 Å². The van der Waals surface area contributed by atoms with Crippen LogP contribution in [0.1, 0.15) is 34.7 Å². The van der Waals surface area contributed by atoms with Crippen LogP contribution in [-0.2, 0) is 12.8 Å². The minimum absolute atomic E-state index is 0. The van der Waals surface area contributed by atoms with Gasteiger partial charge in [0.2, 0.25) is 0 Å². The normalized spacial score (nSPS) is 14.4. The largest absolute Gasteiger partial charge is 0.378 e. The zero-order valence-electron chi connectivity index (χ0n) is 16.1. The Labute approximate surface area is 169 Å². The highest BCUT2D eigenvalue weighted by Gasteiger charge is 2.22. The molecule has 142 valence electrons. The summed E-state index contributed by atoms with van der Waals surface area (Å²) in [7, 11) is 3.75. The second-order valence-electron chi connectivity index (χ2n) is 6.75. The molecule has 3 aromatic rings. The number of rotatable bonds is 4. The maximum absolute atomic E-state index is 3.79. The minimum Gasteiger partial charge on any atom is -0.378 e. The van der Waals surface area contributed by atoms with E-state index in [4.69, 9.17) is 0 Å². The van der Waals surface area contributed by atoms with Crippen molar-refractivity contribution in [1.29, 1.82) is 0 Å². The SMILES string of the molecule is CNC.Cl.c1ccc(Cc2ccccc2NC2CCc3ccccc32)cc1. The van der Waals surface area contributed by atoms with Gasteiger partial charge in [-0.3, -0.25) is 0 Å². The summed E-state index contributed by atoms with van der Waals surface area (Å²) >= 11 is 0. The van der Waals surface area contributed by atoms with Gasteiger partial charge >= 0.3 is 0 Å². The molecule has 0 fully saturated rings. The monoisotopic (exact) mass is 380 g/mol. The average molecular weight is 381 g/mol. The smallest absolute Gasteiger partial charge is 0.0519 e. The van der Waals surface area contributed by atoms with E-state index in [1.165, 1.54) is 40.8 Å². The third kappa shape index (κ3) is 5.59. The first-order chi connectivity index (χ1) is 12.8. The van der Waals surface area contributed by atoms with Crippen molar-refractivity contribution in [3.63, 3.8) is 0 Å². The Morgan fingerprint density at radius 1 is 0.815 bits per heavy atom. The molecule has 1 unspecified atom stereocenters. The number of para-hydroxylation sites is 1. The van der Waals surface area contributed by atoms with E-state index in [1.54, 1.807) is 0 Å². The van der Waals surface area contributed by atoms with E-state index >= 15 is 0 Å². The second-order valence-corrected chi connectivity index (χ2v) is 6.75. The van der Waals surface area contributed by atoms with Crippen LogP contribution in [0.15, 0.2) is 78.9 Å². The van der Waals surface area contributed by atoms with Crippen molar-refractivity contribution in [1.82, 2.24) is 5.32 Å². The first-order valence-corrected chi connectivity index (χ1v) is 9.36. The Morgan fingerprint density at radius 3 is 2.22 bits per heavy atom. The fraction of sp³-hybridized carbons (Fsp3) is 0.250. The number of aryl methyl sites for hydroxylation is 1. The lowest BCUT2D eigenvalue weighted by Crippen LogP contribution is -2.09. The molecule has 3 aromatic carbocycles. The van der Waals surface area contributed by atoms with Crippen LogP contribution in [-0.4, -0.2) is 14.1 Å². The molecule has 0 aromatic heterocycles. The van der Waals surface area contributed by atoms with Crippen molar-refractivity contribution in [2.24, 2.45) is 0 Å². The maximum atomic E-state index is 3.79. The van der Waals surface area contributed by atoms with Crippen molar-refractivity contribution >= 4 is 18.1 Å². The molecule has 1 atom stereocenters. The zero-order chi connectivity index (χ0) is 18.2. The number of anilines is 1. The summed E-state index contributed by atoms with van der Waals surface area (Å²) < 4.78 is 0. The van der Waals surface area contributed by atoms with Crippen LogP contribution < -0.4 is 10.6 Å². The third-order valence-electron chi connectivity index (χ3n) is 4.72. The molecule has 3 heteroatoms. The summed E-state index contributed by atoms with van der Waals surface area (Å²) in [5, 5.41) is 6.54. The van der Waals surface area contributed by atoms with Gasteiger partial charge in [-0.25, -0.2) is 0 Å². The molecule has 0 aliphatic heterocycles. The molecule has 4 rings (SSSR count). The molecule has 0 amide bonds. The summed E-state index contributed by atoms with van der Waals surface area (Å²) in [6.45, 7) is 0. The molecule has 1 aliphatic carbocycles. The highest BCUT2D eigenvalue weighted by Crippen LogP contribution is 2.34. The quantitative estimate of drug-likeness (QED) is 0.612. The highest BCUT2D eigenvalue weighted by atomic mass is 35.5. The summed E-state index contributed by atoms with van der Waals surface area (Å²) in [5.74, 6) is 0. The number of nitrogens with one attached hydrogen (secondary N) is 2. The molecule has 0 bridgehead atoms. The van der Waals surface area contributed by atoms with Gasteiger partial charge in [-0.05, 0) is 61.7 Å². The van der Waals surface area contributed by atoms with Gasteiger partial charge in [-0.1, -0.05) is 72.8 Å². The van der Waals surface area contributed by atoms with Crippen molar-refractivity contribution in [2.45, 2.75) is 25.3 Å². The molecule has 0 heterocycles. The molecular weight excluding hydrogens is 352 g/mol. The molecule has 0 radical (unpaired) electrons. The predicted molar refractivity (Wildman–Crippen MR) is 119 cm³/mol. The summed E-state index contributed by atoms with van der Waals surface area (Å²) in [6.07, 6.45) is 3.33. The minimum atomic E-state index is 0. The summed E-state index contributed by atoms with van der Waals surface area (Å²) in [4.78, 5) is 0. The van der Waals surface area contributed by atoms with E-state index in [0.717, 1.165) is 6.42 Å². The van der Waals surface area contributed by atoms with Gasteiger partial charge in [0.15, 0.2) is 0 Å². The first kappa shape index (κ1) is 21.0. The lowest BCUT2D eigenvalue weighted by molar-refractivity contribution is 0.760. The van der Waals surface area contributed by atoms with Crippen molar-refractivity contribution in [2.75, 3.05) is 19.4 Å². The van der Waals surface area contributed by atoms with Crippen LogP contribution in [0.5, 0.6) is 0 Å². The molecule has 1 aliphatic rings. The van der Waals surface area contributed by atoms with E-state index in [0.29, 0.717) is 6.04 Å². The Kier molecular flexibility index (Phi) is 8.38. The number of halogens is 1. The van der Waals surface area contributed by atoms with Crippen LogP contribution in [0.25, 0.3) is 0 Å². The van der Waals surface area contributed by atoms with E-state index in [1.807, 2.05) is 14.1 Å². The number of fused-ring (bicyclic) bond motifs is 1. The van der Waals surface area contributed by atoms with Gasteiger partial charge in [-0.15, -0.1) is 12.4 Å². The lowest BCUT2D eigenvalue weighted by Gasteiger charge is -2.18. The van der Waals surface area contributed by atoms with Crippen LogP contribution in [0, 0.1) is 0 Å². The third-order valence-corrected chi connectivity index (χ3v) is 4.72. The molecule has 27 heavy (non-hydrogen) atoms. The maximum Gasteiger partial charge on any atom is 0.0519 e. The van der Waals surface area contributed by atoms with Crippen LogP contribution in [0.3, 0.4) is 0 Å². The van der Waals surface area contributed by atoms with Gasteiger partial charge in [0, 0.05) is 5.69 Å². The van der Waals surface area contributed by atoms with Crippen LogP contribution in [0.4, 0.5) is 5.69 Å². The first-order valence-electron chi connectivity index (χ1n) is 9.36. The van der Waals surface area contributed by atoms with Crippen molar-refractivity contribution in [3.05, 3.63) is 101 Å². The number of hydrogen-bond acceptors (Lipinski definition) is 2. The Bertz CT molecular complexity index is 817. The van der Waals surface area contributed by atoms with E-state index in [9.17, 15) is 0 Å². The van der Waals surface area contributed by atoms with Crippen molar-refractivity contribution < 1.29 is 0 Å². The van der Waals surface area contributed by atoms with Gasteiger partial charge in [0.25, 0.3) is 0 Å². The van der Waals surface area contributed by atoms with E-state index in [2.05, 4.69) is 89.5 Å². The Balaban J connectivity index is 0.000000614. The fourth-order valence-electron chi connectivity index (χ4n) is 3.53. The van der Waals surface area contributed by atoms with Crippen LogP contribution >= 0.6 is 12.4 Å². The molecule has 2 N–H and O–H groups in total. The van der Waals surface area contributed by atoms with Gasteiger partial charge in [0.1, 0.15) is 0 Å². The van der Waals surface area contributed by atoms with Gasteiger partial charge in [-0.2, -0.15) is 0 Å². The average Bonchev–Trinajstić information content (AvgIpc) is 3.08. The molecular formula is C24H29ClN2. The Morgan fingerprint density at radius 2 is 1.44 bits per heavy atom.